The van der Waals surface area contributed by atoms with Crippen LogP contribution in [0.4, 0.5) is 0 Å². The second-order valence-electron chi connectivity index (χ2n) is 8.22. The number of nitrogens with one attached hydrogen (secondary N) is 2. The van der Waals surface area contributed by atoms with Gasteiger partial charge in [-0.05, 0) is 18.9 Å². The normalized spacial score (nSPS) is 21.6. The zero-order valence-corrected chi connectivity index (χ0v) is 17.9. The van der Waals surface area contributed by atoms with Gasteiger partial charge in [0, 0.05) is 37.8 Å². The number of benzene rings is 1. The first-order valence-electron chi connectivity index (χ1n) is 10.7. The van der Waals surface area contributed by atoms with Crippen LogP contribution in [0.5, 0.6) is 11.5 Å². The number of piperazine rings is 1. The number of amides is 2. The fourth-order valence-electron chi connectivity index (χ4n) is 4.27. The summed E-state index contributed by atoms with van der Waals surface area (Å²) < 4.78 is 10.7. The molecule has 1 atom stereocenters. The van der Waals surface area contributed by atoms with E-state index in [0.29, 0.717) is 44.0 Å². The molecule has 0 spiro atoms. The summed E-state index contributed by atoms with van der Waals surface area (Å²) in [4.78, 5) is 27.1. The smallest absolute Gasteiger partial charge is 0.237 e. The van der Waals surface area contributed by atoms with Gasteiger partial charge in [-0.3, -0.25) is 14.5 Å². The van der Waals surface area contributed by atoms with Crippen LogP contribution in [-0.2, 0) is 16.1 Å². The second kappa shape index (κ2) is 10.1. The molecule has 3 N–H and O–H groups in total. The first-order chi connectivity index (χ1) is 14.4. The maximum Gasteiger partial charge on any atom is 0.237 e. The number of hydrogen-bond donors (Lipinski definition) is 3. The average Bonchev–Trinajstić information content (AvgIpc) is 2.75. The highest BCUT2D eigenvalue weighted by atomic mass is 16.5. The molecule has 1 saturated heterocycles. The molecule has 30 heavy (non-hydrogen) atoms. The molecule has 1 aromatic rings. The summed E-state index contributed by atoms with van der Waals surface area (Å²) in [5, 5.41) is 16.3. The van der Waals surface area contributed by atoms with Crippen LogP contribution >= 0.6 is 0 Å². The molecule has 0 aromatic heterocycles. The van der Waals surface area contributed by atoms with E-state index in [2.05, 4.69) is 10.6 Å². The zero-order chi connectivity index (χ0) is 21.6. The van der Waals surface area contributed by atoms with Crippen molar-refractivity contribution >= 4 is 11.8 Å². The van der Waals surface area contributed by atoms with Gasteiger partial charge in [-0.1, -0.05) is 25.3 Å². The molecule has 2 aliphatic rings. The van der Waals surface area contributed by atoms with Crippen LogP contribution in [-0.4, -0.2) is 67.3 Å². The Labute approximate surface area is 177 Å². The molecule has 2 fully saturated rings. The lowest BCUT2D eigenvalue weighted by Crippen LogP contribution is -2.56. The number of hydrogen-bond acceptors (Lipinski definition) is 6. The lowest BCUT2D eigenvalue weighted by atomic mass is 9.85. The van der Waals surface area contributed by atoms with Crippen molar-refractivity contribution in [3.05, 3.63) is 23.8 Å². The molecule has 1 saturated carbocycles. The Morgan fingerprint density at radius 3 is 2.73 bits per heavy atom. The number of methoxy groups -OCH3 is 2. The topological polar surface area (TPSA) is 100 Å². The van der Waals surface area contributed by atoms with E-state index in [1.165, 1.54) is 0 Å². The van der Waals surface area contributed by atoms with Gasteiger partial charge in [-0.25, -0.2) is 0 Å². The summed E-state index contributed by atoms with van der Waals surface area (Å²) in [6.45, 7) is 1.91. The number of rotatable bonds is 8. The molecule has 1 unspecified atom stereocenters. The van der Waals surface area contributed by atoms with Crippen molar-refractivity contribution in [3.8, 4) is 11.5 Å². The minimum absolute atomic E-state index is 0.0559. The van der Waals surface area contributed by atoms with Crippen LogP contribution in [0.15, 0.2) is 18.2 Å². The van der Waals surface area contributed by atoms with E-state index in [9.17, 15) is 14.7 Å². The molecule has 1 aromatic carbocycles. The Bertz CT molecular complexity index is 748. The maximum absolute atomic E-state index is 12.6. The second-order valence-corrected chi connectivity index (χ2v) is 8.22. The predicted octanol–water partition coefficient (Wildman–Crippen LogP) is 1.21. The van der Waals surface area contributed by atoms with Crippen LogP contribution in [0, 0.1) is 0 Å². The summed E-state index contributed by atoms with van der Waals surface area (Å²) >= 11 is 0. The summed E-state index contributed by atoms with van der Waals surface area (Å²) in [6, 6.07) is 5.02. The summed E-state index contributed by atoms with van der Waals surface area (Å²) in [7, 11) is 3.20. The number of carbonyl (C=O) groups is 2. The maximum atomic E-state index is 12.6. The van der Waals surface area contributed by atoms with Crippen molar-refractivity contribution in [2.75, 3.05) is 33.9 Å². The standard InChI is InChI=1S/C22H33N3O5/c1-29-17-7-6-16(19(12-17)30-2)14-25-11-10-23-21(27)18(25)13-20(26)24-15-22(28)8-4-3-5-9-22/h6-7,12,18,28H,3-5,8-11,13-15H2,1-2H3,(H,23,27)(H,24,26). The Balaban J connectivity index is 1.63. The highest BCUT2D eigenvalue weighted by molar-refractivity contribution is 5.88. The first kappa shape index (κ1) is 22.4. The molecule has 0 bridgehead atoms. The van der Waals surface area contributed by atoms with Gasteiger partial charge in [0.25, 0.3) is 0 Å². The molecule has 1 aliphatic carbocycles. The molecule has 3 rings (SSSR count). The van der Waals surface area contributed by atoms with E-state index >= 15 is 0 Å². The summed E-state index contributed by atoms with van der Waals surface area (Å²) in [5.74, 6) is 1.01. The summed E-state index contributed by atoms with van der Waals surface area (Å²) in [6.07, 6.45) is 4.56. The SMILES string of the molecule is COc1ccc(CN2CCNC(=O)C2CC(=O)NCC2(O)CCCCC2)c(OC)c1. The predicted molar refractivity (Wildman–Crippen MR) is 112 cm³/mol. The van der Waals surface area contributed by atoms with Crippen LogP contribution in [0.25, 0.3) is 0 Å². The molecule has 2 amide bonds. The fraction of sp³-hybridized carbons (Fsp3) is 0.636. The summed E-state index contributed by atoms with van der Waals surface area (Å²) in [5.41, 5.74) is 0.105. The van der Waals surface area contributed by atoms with E-state index in [4.69, 9.17) is 9.47 Å². The highest BCUT2D eigenvalue weighted by Gasteiger charge is 2.34. The van der Waals surface area contributed by atoms with Crippen molar-refractivity contribution in [1.82, 2.24) is 15.5 Å². The van der Waals surface area contributed by atoms with Gasteiger partial charge >= 0.3 is 0 Å². The van der Waals surface area contributed by atoms with E-state index in [1.807, 2.05) is 23.1 Å². The third kappa shape index (κ3) is 5.64. The van der Waals surface area contributed by atoms with Crippen molar-refractivity contribution in [3.63, 3.8) is 0 Å². The van der Waals surface area contributed by atoms with Crippen LogP contribution in [0.2, 0.25) is 0 Å². The Morgan fingerprint density at radius 1 is 1.27 bits per heavy atom. The Morgan fingerprint density at radius 2 is 2.03 bits per heavy atom. The van der Waals surface area contributed by atoms with Crippen molar-refractivity contribution < 1.29 is 24.2 Å². The molecular weight excluding hydrogens is 386 g/mol. The average molecular weight is 420 g/mol. The molecule has 0 radical (unpaired) electrons. The fourth-order valence-corrected chi connectivity index (χ4v) is 4.27. The van der Waals surface area contributed by atoms with Crippen molar-refractivity contribution in [2.24, 2.45) is 0 Å². The molecule has 8 heteroatoms. The van der Waals surface area contributed by atoms with Crippen LogP contribution in [0.3, 0.4) is 0 Å². The first-order valence-corrected chi connectivity index (χ1v) is 10.7. The highest BCUT2D eigenvalue weighted by Crippen LogP contribution is 2.28. The van der Waals surface area contributed by atoms with E-state index < -0.39 is 11.6 Å². The molecule has 8 nitrogen and oxygen atoms in total. The number of carbonyl (C=O) groups excluding carboxylic acids is 2. The lowest BCUT2D eigenvalue weighted by molar-refractivity contribution is -0.134. The molecule has 1 aliphatic heterocycles. The van der Waals surface area contributed by atoms with Gasteiger partial charge < -0.3 is 25.2 Å². The number of ether oxygens (including phenoxy) is 2. The Hall–Kier alpha value is -2.32. The number of nitrogens with zero attached hydrogens (tertiary/aromatic N) is 1. The third-order valence-electron chi connectivity index (χ3n) is 6.09. The quantitative estimate of drug-likeness (QED) is 0.586. The minimum atomic E-state index is -0.821. The lowest BCUT2D eigenvalue weighted by Gasteiger charge is -2.35. The van der Waals surface area contributed by atoms with Crippen LogP contribution < -0.4 is 20.1 Å². The molecular formula is C22H33N3O5. The van der Waals surface area contributed by atoms with Gasteiger partial charge in [-0.15, -0.1) is 0 Å². The molecule has 1 heterocycles. The van der Waals surface area contributed by atoms with Gasteiger partial charge in [0.2, 0.25) is 11.8 Å². The van der Waals surface area contributed by atoms with Gasteiger partial charge in [0.05, 0.1) is 32.3 Å². The third-order valence-corrected chi connectivity index (χ3v) is 6.09. The monoisotopic (exact) mass is 419 g/mol. The largest absolute Gasteiger partial charge is 0.497 e. The van der Waals surface area contributed by atoms with Gasteiger partial charge in [0.1, 0.15) is 11.5 Å². The Kier molecular flexibility index (Phi) is 7.55. The van der Waals surface area contributed by atoms with Crippen LogP contribution in [0.1, 0.15) is 44.1 Å². The van der Waals surface area contributed by atoms with E-state index in [1.54, 1.807) is 14.2 Å². The van der Waals surface area contributed by atoms with Crippen molar-refractivity contribution in [2.45, 2.75) is 56.7 Å². The van der Waals surface area contributed by atoms with Crippen molar-refractivity contribution in [1.29, 1.82) is 0 Å². The number of aliphatic hydroxyl groups is 1. The van der Waals surface area contributed by atoms with E-state index in [0.717, 1.165) is 24.8 Å². The minimum Gasteiger partial charge on any atom is -0.497 e. The van der Waals surface area contributed by atoms with Gasteiger partial charge in [0.15, 0.2) is 0 Å². The van der Waals surface area contributed by atoms with E-state index in [-0.39, 0.29) is 24.8 Å². The zero-order valence-electron chi connectivity index (χ0n) is 17.9. The van der Waals surface area contributed by atoms with Gasteiger partial charge in [-0.2, -0.15) is 0 Å². The molecule has 166 valence electrons.